The minimum Gasteiger partial charge on any atom is -0.465 e. The van der Waals surface area contributed by atoms with Gasteiger partial charge in [0.25, 0.3) is 0 Å². The molecule has 0 radical (unpaired) electrons. The lowest BCUT2D eigenvalue weighted by atomic mass is 10.1. The van der Waals surface area contributed by atoms with Crippen molar-refractivity contribution >= 4 is 17.8 Å². The van der Waals surface area contributed by atoms with Gasteiger partial charge in [0.15, 0.2) is 0 Å². The van der Waals surface area contributed by atoms with E-state index in [2.05, 4.69) is 10.1 Å². The Kier molecular flexibility index (Phi) is 5.86. The quantitative estimate of drug-likeness (QED) is 0.795. The van der Waals surface area contributed by atoms with Gasteiger partial charge in [-0.25, -0.2) is 4.79 Å². The molecule has 2 aromatic carbocycles. The Morgan fingerprint density at radius 1 is 1.07 bits per heavy atom. The molecule has 0 aliphatic carbocycles. The minimum absolute atomic E-state index is 0.00133. The number of ether oxygens (including phenoxy) is 1. The standard InChI is InChI=1S/C21H22N2O4/c1-27-21(26)17-9-7-15(8-10-17)12-22-20(25)18-11-19(24)23(14-18)13-16-5-3-2-4-6-16/h2-10,18H,11-14H2,1H3,(H,22,25)/t18-/m1/s1. The fraction of sp³-hybridized carbons (Fsp3) is 0.286. The van der Waals surface area contributed by atoms with Gasteiger partial charge in [-0.05, 0) is 23.3 Å². The number of likely N-dealkylation sites (tertiary alicyclic amines) is 1. The van der Waals surface area contributed by atoms with Crippen LogP contribution < -0.4 is 5.32 Å². The second-order valence-electron chi connectivity index (χ2n) is 6.57. The van der Waals surface area contributed by atoms with Crippen LogP contribution in [0.15, 0.2) is 54.6 Å². The van der Waals surface area contributed by atoms with Crippen molar-refractivity contribution in [3.63, 3.8) is 0 Å². The number of hydrogen-bond donors (Lipinski definition) is 1. The first-order chi connectivity index (χ1) is 13.1. The molecule has 1 atom stereocenters. The van der Waals surface area contributed by atoms with Crippen molar-refractivity contribution in [3.05, 3.63) is 71.3 Å². The second kappa shape index (κ2) is 8.49. The summed E-state index contributed by atoms with van der Waals surface area (Å²) in [5.74, 6) is -0.860. The summed E-state index contributed by atoms with van der Waals surface area (Å²) in [6, 6.07) is 16.6. The van der Waals surface area contributed by atoms with Gasteiger partial charge in [0.1, 0.15) is 0 Å². The van der Waals surface area contributed by atoms with E-state index in [0.29, 0.717) is 25.2 Å². The molecule has 2 aromatic rings. The monoisotopic (exact) mass is 366 g/mol. The first-order valence-electron chi connectivity index (χ1n) is 8.83. The number of carbonyl (C=O) groups is 3. The van der Waals surface area contributed by atoms with Crippen LogP contribution in [-0.4, -0.2) is 36.3 Å². The Balaban J connectivity index is 1.51. The average Bonchev–Trinajstić information content (AvgIpc) is 3.07. The Bertz CT molecular complexity index is 818. The van der Waals surface area contributed by atoms with Crippen molar-refractivity contribution in [1.82, 2.24) is 10.2 Å². The van der Waals surface area contributed by atoms with Gasteiger partial charge in [-0.3, -0.25) is 9.59 Å². The predicted molar refractivity (Wildman–Crippen MR) is 99.6 cm³/mol. The maximum absolute atomic E-state index is 12.4. The molecule has 27 heavy (non-hydrogen) atoms. The molecule has 0 unspecified atom stereocenters. The van der Waals surface area contributed by atoms with Crippen LogP contribution in [0.25, 0.3) is 0 Å². The normalized spacial score (nSPS) is 16.3. The zero-order valence-electron chi connectivity index (χ0n) is 15.2. The van der Waals surface area contributed by atoms with Crippen molar-refractivity contribution in [3.8, 4) is 0 Å². The molecule has 3 rings (SSSR count). The summed E-state index contributed by atoms with van der Waals surface area (Å²) in [6.45, 7) is 1.31. The van der Waals surface area contributed by atoms with Gasteiger partial charge >= 0.3 is 5.97 Å². The highest BCUT2D eigenvalue weighted by Gasteiger charge is 2.34. The molecule has 1 fully saturated rings. The van der Waals surface area contributed by atoms with E-state index in [0.717, 1.165) is 11.1 Å². The minimum atomic E-state index is -0.395. The third-order valence-corrected chi connectivity index (χ3v) is 4.64. The highest BCUT2D eigenvalue weighted by atomic mass is 16.5. The summed E-state index contributed by atoms with van der Waals surface area (Å²) in [6.07, 6.45) is 0.236. The number of amides is 2. The predicted octanol–water partition coefficient (Wildman–Crippen LogP) is 2.14. The second-order valence-corrected chi connectivity index (χ2v) is 6.57. The molecule has 1 N–H and O–H groups in total. The molecule has 140 valence electrons. The highest BCUT2D eigenvalue weighted by molar-refractivity contribution is 5.90. The van der Waals surface area contributed by atoms with Crippen molar-refractivity contribution in [2.45, 2.75) is 19.5 Å². The number of rotatable bonds is 6. The Morgan fingerprint density at radius 3 is 2.44 bits per heavy atom. The first-order valence-corrected chi connectivity index (χ1v) is 8.83. The Morgan fingerprint density at radius 2 is 1.78 bits per heavy atom. The SMILES string of the molecule is COC(=O)c1ccc(CNC(=O)[C@@H]2CC(=O)N(Cc3ccccc3)C2)cc1. The van der Waals surface area contributed by atoms with Crippen LogP contribution in [0, 0.1) is 5.92 Å². The Labute approximate surface area is 158 Å². The van der Waals surface area contributed by atoms with E-state index < -0.39 is 5.97 Å². The van der Waals surface area contributed by atoms with Gasteiger partial charge in [-0.1, -0.05) is 42.5 Å². The summed E-state index contributed by atoms with van der Waals surface area (Å²) in [7, 11) is 1.33. The van der Waals surface area contributed by atoms with Crippen LogP contribution >= 0.6 is 0 Å². The number of nitrogens with one attached hydrogen (secondary N) is 1. The molecule has 0 aromatic heterocycles. The van der Waals surface area contributed by atoms with E-state index in [9.17, 15) is 14.4 Å². The fourth-order valence-corrected chi connectivity index (χ4v) is 3.11. The smallest absolute Gasteiger partial charge is 0.337 e. The topological polar surface area (TPSA) is 75.7 Å². The number of esters is 1. The van der Waals surface area contributed by atoms with Crippen LogP contribution in [0.3, 0.4) is 0 Å². The Hall–Kier alpha value is -3.15. The summed E-state index contributed by atoms with van der Waals surface area (Å²) in [5.41, 5.74) is 2.39. The average molecular weight is 366 g/mol. The van der Waals surface area contributed by atoms with E-state index in [1.54, 1.807) is 29.2 Å². The van der Waals surface area contributed by atoms with E-state index in [4.69, 9.17) is 0 Å². The summed E-state index contributed by atoms with van der Waals surface area (Å²) < 4.78 is 4.66. The lowest BCUT2D eigenvalue weighted by Gasteiger charge is -2.16. The number of hydrogen-bond acceptors (Lipinski definition) is 4. The van der Waals surface area contributed by atoms with Gasteiger partial charge < -0.3 is 15.0 Å². The number of carbonyl (C=O) groups excluding carboxylic acids is 3. The molecule has 6 nitrogen and oxygen atoms in total. The van der Waals surface area contributed by atoms with Crippen molar-refractivity contribution in [2.24, 2.45) is 5.92 Å². The zero-order chi connectivity index (χ0) is 19.2. The summed E-state index contributed by atoms with van der Waals surface area (Å²) >= 11 is 0. The van der Waals surface area contributed by atoms with E-state index in [1.165, 1.54) is 7.11 Å². The molecule has 1 saturated heterocycles. The maximum Gasteiger partial charge on any atom is 0.337 e. The van der Waals surface area contributed by atoms with Crippen molar-refractivity contribution < 1.29 is 19.1 Å². The molecule has 1 aliphatic rings. The van der Waals surface area contributed by atoms with Gasteiger partial charge in [0, 0.05) is 26.1 Å². The van der Waals surface area contributed by atoms with Crippen LogP contribution in [0.4, 0.5) is 0 Å². The lowest BCUT2D eigenvalue weighted by molar-refractivity contribution is -0.129. The fourth-order valence-electron chi connectivity index (χ4n) is 3.11. The summed E-state index contributed by atoms with van der Waals surface area (Å²) in [5, 5.41) is 2.87. The third kappa shape index (κ3) is 4.73. The van der Waals surface area contributed by atoms with Crippen LogP contribution in [-0.2, 0) is 27.4 Å². The molecule has 6 heteroatoms. The van der Waals surface area contributed by atoms with Crippen molar-refractivity contribution in [2.75, 3.05) is 13.7 Å². The van der Waals surface area contributed by atoms with Crippen LogP contribution in [0.5, 0.6) is 0 Å². The van der Waals surface area contributed by atoms with Gasteiger partial charge in [0.05, 0.1) is 18.6 Å². The van der Waals surface area contributed by atoms with E-state index in [-0.39, 0.29) is 24.2 Å². The molecule has 1 aliphatic heterocycles. The molecule has 2 amide bonds. The van der Waals surface area contributed by atoms with Crippen molar-refractivity contribution in [1.29, 1.82) is 0 Å². The highest BCUT2D eigenvalue weighted by Crippen LogP contribution is 2.20. The number of methoxy groups -OCH3 is 1. The lowest BCUT2D eigenvalue weighted by Crippen LogP contribution is -2.32. The first kappa shape index (κ1) is 18.6. The summed E-state index contributed by atoms with van der Waals surface area (Å²) in [4.78, 5) is 37.8. The molecule has 1 heterocycles. The number of nitrogens with zero attached hydrogens (tertiary/aromatic N) is 1. The maximum atomic E-state index is 12.4. The van der Waals surface area contributed by atoms with Gasteiger partial charge in [-0.2, -0.15) is 0 Å². The third-order valence-electron chi connectivity index (χ3n) is 4.64. The van der Waals surface area contributed by atoms with E-state index in [1.807, 2.05) is 30.3 Å². The molecule has 0 bridgehead atoms. The molecule has 0 spiro atoms. The van der Waals surface area contributed by atoms with Gasteiger partial charge in [0.2, 0.25) is 11.8 Å². The zero-order valence-corrected chi connectivity index (χ0v) is 15.2. The van der Waals surface area contributed by atoms with Crippen LogP contribution in [0.2, 0.25) is 0 Å². The molecular formula is C21H22N2O4. The van der Waals surface area contributed by atoms with Crippen LogP contribution in [0.1, 0.15) is 27.9 Å². The largest absolute Gasteiger partial charge is 0.465 e. The molecule has 0 saturated carbocycles. The van der Waals surface area contributed by atoms with E-state index >= 15 is 0 Å². The molecular weight excluding hydrogens is 344 g/mol. The number of benzene rings is 2. The van der Waals surface area contributed by atoms with Gasteiger partial charge in [-0.15, -0.1) is 0 Å².